The number of halogens is 5. The minimum Gasteiger partial charge on any atom is -0.276 e. The Balaban J connectivity index is 2.31. The summed E-state index contributed by atoms with van der Waals surface area (Å²) >= 11 is 0. The van der Waals surface area contributed by atoms with Gasteiger partial charge in [0.05, 0.1) is 5.69 Å². The van der Waals surface area contributed by atoms with Crippen LogP contribution in [0, 0.1) is 42.9 Å². The molecule has 0 aliphatic rings. The molecule has 0 atom stereocenters. The molecule has 2 nitrogen and oxygen atoms in total. The molecule has 144 valence electrons. The van der Waals surface area contributed by atoms with Crippen LogP contribution in [0.2, 0.25) is 0 Å². The van der Waals surface area contributed by atoms with Crippen LogP contribution in [0.5, 0.6) is 0 Å². The third-order valence-electron chi connectivity index (χ3n) is 4.30. The standard InChI is InChI=1S/C21H14F5NO/c1-11-7-6-8-12(2)20(11)27(13-9-4-3-5-10-13)21(28)14-15(22)17(24)19(26)18(25)16(14)23/h3-10H,1-2H3. The van der Waals surface area contributed by atoms with Gasteiger partial charge in [-0.25, -0.2) is 22.0 Å². The number of hydrogen-bond donors (Lipinski definition) is 0. The third-order valence-corrected chi connectivity index (χ3v) is 4.30. The molecule has 0 fully saturated rings. The van der Waals surface area contributed by atoms with Crippen molar-refractivity contribution in [3.8, 4) is 0 Å². The van der Waals surface area contributed by atoms with Gasteiger partial charge in [-0.05, 0) is 37.1 Å². The van der Waals surface area contributed by atoms with Crippen LogP contribution in [0.25, 0.3) is 0 Å². The number of amides is 1. The molecule has 0 saturated carbocycles. The molecule has 0 spiro atoms. The largest absolute Gasteiger partial charge is 0.276 e. The molecule has 0 N–H and O–H groups in total. The van der Waals surface area contributed by atoms with E-state index >= 15 is 0 Å². The quantitative estimate of drug-likeness (QED) is 0.306. The average Bonchev–Trinajstić information content (AvgIpc) is 2.68. The molecule has 0 saturated heterocycles. The first kappa shape index (κ1) is 19.5. The predicted molar refractivity (Wildman–Crippen MR) is 95.1 cm³/mol. The second-order valence-corrected chi connectivity index (χ2v) is 6.16. The summed E-state index contributed by atoms with van der Waals surface area (Å²) in [5, 5.41) is 0. The first-order valence-electron chi connectivity index (χ1n) is 8.22. The number of carbonyl (C=O) groups excluding carboxylic acids is 1. The van der Waals surface area contributed by atoms with Crippen LogP contribution in [0.4, 0.5) is 33.3 Å². The molecule has 3 aromatic rings. The Bertz CT molecular complexity index is 1020. The summed E-state index contributed by atoms with van der Waals surface area (Å²) in [5.41, 5.74) is 0.168. The summed E-state index contributed by atoms with van der Waals surface area (Å²) in [5.74, 6) is -12.4. The van der Waals surface area contributed by atoms with Crippen molar-refractivity contribution in [2.45, 2.75) is 13.8 Å². The van der Waals surface area contributed by atoms with E-state index in [0.29, 0.717) is 16.8 Å². The van der Waals surface area contributed by atoms with Crippen molar-refractivity contribution in [1.29, 1.82) is 0 Å². The number of rotatable bonds is 3. The summed E-state index contributed by atoms with van der Waals surface area (Å²) in [6.07, 6.45) is 0. The Hall–Kier alpha value is -3.22. The Morgan fingerprint density at radius 3 is 1.64 bits per heavy atom. The van der Waals surface area contributed by atoms with E-state index in [4.69, 9.17) is 0 Å². The molecule has 0 bridgehead atoms. The normalized spacial score (nSPS) is 10.8. The molecule has 3 rings (SSSR count). The van der Waals surface area contributed by atoms with Crippen molar-refractivity contribution < 1.29 is 26.7 Å². The number of carbonyl (C=O) groups is 1. The Kier molecular flexibility index (Phi) is 5.18. The maximum absolute atomic E-state index is 14.3. The Labute approximate surface area is 157 Å². The third kappa shape index (κ3) is 3.13. The summed E-state index contributed by atoms with van der Waals surface area (Å²) in [4.78, 5) is 14.0. The van der Waals surface area contributed by atoms with Crippen molar-refractivity contribution >= 4 is 17.3 Å². The van der Waals surface area contributed by atoms with Crippen LogP contribution in [-0.4, -0.2) is 5.91 Å². The van der Waals surface area contributed by atoms with Crippen molar-refractivity contribution in [2.75, 3.05) is 4.90 Å². The van der Waals surface area contributed by atoms with Crippen LogP contribution >= 0.6 is 0 Å². The van der Waals surface area contributed by atoms with E-state index in [2.05, 4.69) is 0 Å². The fourth-order valence-electron chi connectivity index (χ4n) is 2.99. The summed E-state index contributed by atoms with van der Waals surface area (Å²) in [6, 6.07) is 12.9. The van der Waals surface area contributed by atoms with Gasteiger partial charge in [0, 0.05) is 5.69 Å². The zero-order chi connectivity index (χ0) is 20.6. The molecule has 0 aliphatic carbocycles. The highest BCUT2D eigenvalue weighted by Gasteiger charge is 2.34. The number of nitrogens with zero attached hydrogens (tertiary/aromatic N) is 1. The van der Waals surface area contributed by atoms with Crippen molar-refractivity contribution in [2.24, 2.45) is 0 Å². The Morgan fingerprint density at radius 2 is 1.14 bits per heavy atom. The van der Waals surface area contributed by atoms with Crippen molar-refractivity contribution in [3.63, 3.8) is 0 Å². The topological polar surface area (TPSA) is 20.3 Å². The molecule has 28 heavy (non-hydrogen) atoms. The molecule has 7 heteroatoms. The second kappa shape index (κ2) is 7.42. The number of para-hydroxylation sites is 2. The second-order valence-electron chi connectivity index (χ2n) is 6.16. The lowest BCUT2D eigenvalue weighted by Crippen LogP contribution is -2.30. The van der Waals surface area contributed by atoms with Gasteiger partial charge < -0.3 is 0 Å². The monoisotopic (exact) mass is 391 g/mol. The molecule has 3 aromatic carbocycles. The molecular weight excluding hydrogens is 377 g/mol. The van der Waals surface area contributed by atoms with E-state index in [1.165, 1.54) is 12.1 Å². The van der Waals surface area contributed by atoms with Crippen LogP contribution < -0.4 is 4.90 Å². The van der Waals surface area contributed by atoms with E-state index in [1.54, 1.807) is 50.2 Å². The average molecular weight is 391 g/mol. The molecule has 0 radical (unpaired) electrons. The first-order chi connectivity index (χ1) is 13.3. The van der Waals surface area contributed by atoms with Crippen LogP contribution in [0.15, 0.2) is 48.5 Å². The highest BCUT2D eigenvalue weighted by Crippen LogP contribution is 2.35. The van der Waals surface area contributed by atoms with Gasteiger partial charge in [-0.15, -0.1) is 0 Å². The van der Waals surface area contributed by atoms with E-state index in [9.17, 15) is 26.7 Å². The van der Waals surface area contributed by atoms with Gasteiger partial charge in [0.15, 0.2) is 23.3 Å². The minimum absolute atomic E-state index is 0.217. The van der Waals surface area contributed by atoms with Gasteiger partial charge >= 0.3 is 0 Å². The van der Waals surface area contributed by atoms with Gasteiger partial charge in [-0.2, -0.15) is 0 Å². The SMILES string of the molecule is Cc1cccc(C)c1N(C(=O)c1c(F)c(F)c(F)c(F)c1F)c1ccccc1. The van der Waals surface area contributed by atoms with Crippen LogP contribution in [0.1, 0.15) is 21.5 Å². The van der Waals surface area contributed by atoms with E-state index in [1.807, 2.05) is 0 Å². The van der Waals surface area contributed by atoms with E-state index < -0.39 is 40.6 Å². The molecule has 0 aromatic heterocycles. The first-order valence-corrected chi connectivity index (χ1v) is 8.22. The maximum Gasteiger partial charge on any atom is 0.269 e. The highest BCUT2D eigenvalue weighted by molar-refractivity contribution is 6.12. The lowest BCUT2D eigenvalue weighted by Gasteiger charge is -2.27. The van der Waals surface area contributed by atoms with Gasteiger partial charge in [-0.1, -0.05) is 36.4 Å². The summed E-state index contributed by atoms with van der Waals surface area (Å²) < 4.78 is 69.3. The molecular formula is C21H14F5NO. The lowest BCUT2D eigenvalue weighted by atomic mass is 10.0. The van der Waals surface area contributed by atoms with E-state index in [0.717, 1.165) is 4.90 Å². The van der Waals surface area contributed by atoms with E-state index in [-0.39, 0.29) is 5.69 Å². The lowest BCUT2D eigenvalue weighted by molar-refractivity contribution is 0.0987. The number of anilines is 2. The maximum atomic E-state index is 14.3. The van der Waals surface area contributed by atoms with Gasteiger partial charge in [0.1, 0.15) is 5.56 Å². The number of hydrogen-bond acceptors (Lipinski definition) is 1. The molecule has 1 amide bonds. The van der Waals surface area contributed by atoms with Gasteiger partial charge in [0.2, 0.25) is 5.82 Å². The minimum atomic E-state index is -2.31. The van der Waals surface area contributed by atoms with Crippen molar-refractivity contribution in [1.82, 2.24) is 0 Å². The fourth-order valence-corrected chi connectivity index (χ4v) is 2.99. The highest BCUT2D eigenvalue weighted by atomic mass is 19.2. The zero-order valence-electron chi connectivity index (χ0n) is 14.9. The van der Waals surface area contributed by atoms with Gasteiger partial charge in [-0.3, -0.25) is 9.69 Å². The van der Waals surface area contributed by atoms with Gasteiger partial charge in [0.25, 0.3) is 5.91 Å². The molecule has 0 aliphatic heterocycles. The number of benzene rings is 3. The summed E-state index contributed by atoms with van der Waals surface area (Å²) in [6.45, 7) is 3.34. The van der Waals surface area contributed by atoms with Crippen molar-refractivity contribution in [3.05, 3.63) is 94.3 Å². The predicted octanol–water partition coefficient (Wildman–Crippen LogP) is 5.98. The zero-order valence-corrected chi connectivity index (χ0v) is 14.9. The van der Waals surface area contributed by atoms with Crippen LogP contribution in [0.3, 0.4) is 0 Å². The fraction of sp³-hybridized carbons (Fsp3) is 0.0952. The summed E-state index contributed by atoms with van der Waals surface area (Å²) in [7, 11) is 0. The smallest absolute Gasteiger partial charge is 0.269 e. The number of aryl methyl sites for hydroxylation is 2. The molecule has 0 unspecified atom stereocenters. The Morgan fingerprint density at radius 1 is 0.679 bits per heavy atom. The molecule has 0 heterocycles. The van der Waals surface area contributed by atoms with Crippen LogP contribution in [-0.2, 0) is 0 Å².